The molecule has 1 atom stereocenters. The first-order valence-corrected chi connectivity index (χ1v) is 15.5. The zero-order chi connectivity index (χ0) is 30.7. The van der Waals surface area contributed by atoms with E-state index in [0.717, 1.165) is 6.42 Å². The van der Waals surface area contributed by atoms with Gasteiger partial charge in [-0.3, -0.25) is 0 Å². The van der Waals surface area contributed by atoms with Crippen LogP contribution in [0.1, 0.15) is 188 Å². The number of hydrogen-bond acceptors (Lipinski definition) is 0. The SMILES string of the molecule is CCC(c1cc(C(C)(C)C)ccc1C(C)(C)C)c1cc(C(C)(C)C)c(C(C)(C)C)c(C(C)(C)C)c1C(C)(C)C. The standard InChI is InChI=1S/C39H64/c1-20-26(27-23-25(34(2,3)4)21-22-29(27)35(5,6)7)28-24-30(36(8,9)10)32(38(14,15)16)33(39(17,18)19)31(28)37(11,12)13/h21-24,26H,20H2,1-19H3. The van der Waals surface area contributed by atoms with Gasteiger partial charge in [0.2, 0.25) is 0 Å². The fraction of sp³-hybridized carbons (Fsp3) is 0.692. The molecule has 0 heterocycles. The van der Waals surface area contributed by atoms with Crippen LogP contribution in [0.2, 0.25) is 0 Å². The van der Waals surface area contributed by atoms with Crippen LogP contribution in [0.15, 0.2) is 24.3 Å². The molecule has 2 aromatic rings. The second kappa shape index (κ2) is 10.4. The second-order valence-corrected chi connectivity index (χ2v) is 18.4. The van der Waals surface area contributed by atoms with E-state index in [9.17, 15) is 0 Å². The summed E-state index contributed by atoms with van der Waals surface area (Å²) in [4.78, 5) is 0. The summed E-state index contributed by atoms with van der Waals surface area (Å²) in [6.07, 6.45) is 1.09. The van der Waals surface area contributed by atoms with E-state index in [1.807, 2.05) is 0 Å². The van der Waals surface area contributed by atoms with Gasteiger partial charge in [-0.2, -0.15) is 0 Å². The summed E-state index contributed by atoms with van der Waals surface area (Å²) in [5.41, 5.74) is 12.5. The molecular weight excluding hydrogens is 468 g/mol. The summed E-state index contributed by atoms with van der Waals surface area (Å²) in [7, 11) is 0. The zero-order valence-corrected chi connectivity index (χ0v) is 29.6. The highest BCUT2D eigenvalue weighted by atomic mass is 14.4. The minimum atomic E-state index is 0.0192. The van der Waals surface area contributed by atoms with E-state index >= 15 is 0 Å². The molecule has 0 fully saturated rings. The Labute approximate surface area is 244 Å². The van der Waals surface area contributed by atoms with Gasteiger partial charge in [0.05, 0.1) is 0 Å². The lowest BCUT2D eigenvalue weighted by Gasteiger charge is -2.43. The maximum atomic E-state index is 2.65. The minimum absolute atomic E-state index is 0.0192. The van der Waals surface area contributed by atoms with Crippen molar-refractivity contribution >= 4 is 0 Å². The maximum Gasteiger partial charge on any atom is 0.00929 e. The molecule has 0 aromatic heterocycles. The Bertz CT molecular complexity index is 1160. The lowest BCUT2D eigenvalue weighted by molar-refractivity contribution is 0.470. The van der Waals surface area contributed by atoms with Crippen molar-refractivity contribution in [3.8, 4) is 0 Å². The lowest BCUT2D eigenvalue weighted by Crippen LogP contribution is -2.34. The Balaban J connectivity index is 3.31. The summed E-state index contributed by atoms with van der Waals surface area (Å²) < 4.78 is 0. The third-order valence-electron chi connectivity index (χ3n) is 8.30. The van der Waals surface area contributed by atoms with Crippen LogP contribution in [0.5, 0.6) is 0 Å². The van der Waals surface area contributed by atoms with Crippen molar-refractivity contribution in [2.75, 3.05) is 0 Å². The van der Waals surface area contributed by atoms with E-state index in [1.165, 1.54) is 22.3 Å². The van der Waals surface area contributed by atoms with Crippen LogP contribution in [0.3, 0.4) is 0 Å². The Morgan fingerprint density at radius 3 is 1.21 bits per heavy atom. The molecule has 1 unspecified atom stereocenters. The average molecular weight is 533 g/mol. The molecule has 0 nitrogen and oxygen atoms in total. The maximum absolute atomic E-state index is 2.65. The monoisotopic (exact) mass is 533 g/mol. The van der Waals surface area contributed by atoms with Crippen molar-refractivity contribution in [1.82, 2.24) is 0 Å². The van der Waals surface area contributed by atoms with Gasteiger partial charge >= 0.3 is 0 Å². The zero-order valence-electron chi connectivity index (χ0n) is 29.6. The van der Waals surface area contributed by atoms with E-state index in [2.05, 4.69) is 156 Å². The molecule has 220 valence electrons. The first kappa shape index (κ1) is 33.6. The molecule has 0 heteroatoms. The topological polar surface area (TPSA) is 0 Å². The molecule has 0 amide bonds. The van der Waals surface area contributed by atoms with Crippen LogP contribution in [-0.4, -0.2) is 0 Å². The predicted octanol–water partition coefficient (Wildman–Crippen LogP) is 12.0. The van der Waals surface area contributed by atoms with Gasteiger partial charge in [-0.25, -0.2) is 0 Å². The molecule has 2 rings (SSSR count). The van der Waals surface area contributed by atoms with Crippen molar-refractivity contribution < 1.29 is 0 Å². The number of benzene rings is 2. The van der Waals surface area contributed by atoms with Crippen molar-refractivity contribution in [2.24, 2.45) is 0 Å². The highest BCUT2D eigenvalue weighted by Gasteiger charge is 2.39. The quantitative estimate of drug-likeness (QED) is 0.369. The molecule has 2 aromatic carbocycles. The molecule has 0 aliphatic heterocycles. The third kappa shape index (κ3) is 7.21. The van der Waals surface area contributed by atoms with Crippen LogP contribution in [-0.2, 0) is 32.5 Å². The average Bonchev–Trinajstić information content (AvgIpc) is 2.69. The van der Waals surface area contributed by atoms with Crippen LogP contribution < -0.4 is 0 Å². The van der Waals surface area contributed by atoms with Gasteiger partial charge in [-0.15, -0.1) is 0 Å². The van der Waals surface area contributed by atoms with Crippen molar-refractivity contribution in [2.45, 2.75) is 176 Å². The van der Waals surface area contributed by atoms with Crippen LogP contribution >= 0.6 is 0 Å². The van der Waals surface area contributed by atoms with Gasteiger partial charge < -0.3 is 0 Å². The van der Waals surface area contributed by atoms with Crippen LogP contribution in [0, 0.1) is 0 Å². The lowest BCUT2D eigenvalue weighted by atomic mass is 9.61. The van der Waals surface area contributed by atoms with E-state index in [0.29, 0.717) is 5.92 Å². The molecule has 39 heavy (non-hydrogen) atoms. The third-order valence-corrected chi connectivity index (χ3v) is 8.30. The molecule has 0 saturated heterocycles. The normalized spacial score (nSPS) is 15.1. The van der Waals surface area contributed by atoms with Gasteiger partial charge in [0.25, 0.3) is 0 Å². The Kier molecular flexibility index (Phi) is 8.94. The predicted molar refractivity (Wildman–Crippen MR) is 177 cm³/mol. The number of hydrogen-bond donors (Lipinski definition) is 0. The summed E-state index contributed by atoms with van der Waals surface area (Å²) in [6.45, 7) is 45.7. The highest BCUT2D eigenvalue weighted by molar-refractivity contribution is 5.59. The Hall–Kier alpha value is -1.56. The number of rotatable bonds is 3. The molecule has 0 bridgehead atoms. The van der Waals surface area contributed by atoms with Crippen molar-refractivity contribution in [3.05, 3.63) is 68.8 Å². The van der Waals surface area contributed by atoms with Crippen molar-refractivity contribution in [1.29, 1.82) is 0 Å². The first-order valence-electron chi connectivity index (χ1n) is 15.5. The van der Waals surface area contributed by atoms with E-state index < -0.39 is 0 Å². The largest absolute Gasteiger partial charge is 0.0645 e. The molecule has 0 spiro atoms. The fourth-order valence-electron chi connectivity index (χ4n) is 6.52. The fourth-order valence-corrected chi connectivity index (χ4v) is 6.52. The summed E-state index contributed by atoms with van der Waals surface area (Å²) >= 11 is 0. The van der Waals surface area contributed by atoms with E-state index in [-0.39, 0.29) is 32.5 Å². The highest BCUT2D eigenvalue weighted by Crippen LogP contribution is 2.50. The van der Waals surface area contributed by atoms with Gasteiger partial charge in [-0.1, -0.05) is 156 Å². The van der Waals surface area contributed by atoms with Crippen LogP contribution in [0.4, 0.5) is 0 Å². The van der Waals surface area contributed by atoms with Crippen LogP contribution in [0.25, 0.3) is 0 Å². The Morgan fingerprint density at radius 1 is 0.436 bits per heavy atom. The van der Waals surface area contributed by atoms with Crippen molar-refractivity contribution in [3.63, 3.8) is 0 Å². The second-order valence-electron chi connectivity index (χ2n) is 18.4. The van der Waals surface area contributed by atoms with E-state index in [1.54, 1.807) is 22.3 Å². The molecular formula is C39H64. The smallest absolute Gasteiger partial charge is 0.00929 e. The molecule has 0 radical (unpaired) electrons. The molecule has 0 aliphatic rings. The van der Waals surface area contributed by atoms with Gasteiger partial charge in [0, 0.05) is 5.92 Å². The minimum Gasteiger partial charge on any atom is -0.0645 e. The first-order chi connectivity index (χ1) is 17.1. The summed E-state index contributed by atoms with van der Waals surface area (Å²) in [6, 6.07) is 10.0. The Morgan fingerprint density at radius 2 is 0.872 bits per heavy atom. The molecule has 0 saturated carbocycles. The van der Waals surface area contributed by atoms with Gasteiger partial charge in [0.15, 0.2) is 0 Å². The van der Waals surface area contributed by atoms with E-state index in [4.69, 9.17) is 0 Å². The molecule has 0 N–H and O–H groups in total. The van der Waals surface area contributed by atoms with Gasteiger partial charge in [-0.05, 0) is 83.4 Å². The molecule has 0 aliphatic carbocycles. The summed E-state index contributed by atoms with van der Waals surface area (Å²) in [5, 5.41) is 0. The summed E-state index contributed by atoms with van der Waals surface area (Å²) in [5.74, 6) is 0.340. The van der Waals surface area contributed by atoms with Gasteiger partial charge in [0.1, 0.15) is 0 Å².